The molecule has 106 valence electrons. The number of hydrogen-bond donors (Lipinski definition) is 1. The van der Waals surface area contributed by atoms with E-state index in [-0.39, 0.29) is 5.91 Å². The summed E-state index contributed by atoms with van der Waals surface area (Å²) in [6.07, 6.45) is 0. The topological polar surface area (TPSA) is 51.2 Å². The first kappa shape index (κ1) is 15.0. The summed E-state index contributed by atoms with van der Waals surface area (Å²) in [4.78, 5) is 16.6. The van der Waals surface area contributed by atoms with Crippen LogP contribution < -0.4 is 10.1 Å². The summed E-state index contributed by atoms with van der Waals surface area (Å²) in [6, 6.07) is 5.28. The highest BCUT2D eigenvalue weighted by molar-refractivity contribution is 9.10. The van der Waals surface area contributed by atoms with Crippen molar-refractivity contribution in [2.45, 2.75) is 19.8 Å². The van der Waals surface area contributed by atoms with Crippen LogP contribution in [0, 0.1) is 0 Å². The second-order valence-electron chi connectivity index (χ2n) is 4.53. The van der Waals surface area contributed by atoms with Crippen LogP contribution in [0.1, 0.15) is 35.8 Å². The Balaban J connectivity index is 2.19. The summed E-state index contributed by atoms with van der Waals surface area (Å²) >= 11 is 4.77. The lowest BCUT2D eigenvalue weighted by molar-refractivity contribution is 0.102. The van der Waals surface area contributed by atoms with Crippen LogP contribution in [0.5, 0.6) is 5.75 Å². The lowest BCUT2D eigenvalue weighted by atomic mass is 10.2. The third kappa shape index (κ3) is 3.37. The second kappa shape index (κ2) is 6.37. The number of carbonyl (C=O) groups excluding carboxylic acids is 1. The molecule has 0 fully saturated rings. The fraction of sp³-hybridized carbons (Fsp3) is 0.286. The molecular formula is C14H15BrN2O2S. The van der Waals surface area contributed by atoms with Gasteiger partial charge in [0.15, 0.2) is 5.13 Å². The fourth-order valence-electron chi connectivity index (χ4n) is 1.63. The maximum Gasteiger partial charge on any atom is 0.261 e. The molecule has 20 heavy (non-hydrogen) atoms. The van der Waals surface area contributed by atoms with E-state index in [4.69, 9.17) is 4.74 Å². The summed E-state index contributed by atoms with van der Waals surface area (Å²) in [5.41, 5.74) is 1.46. The van der Waals surface area contributed by atoms with Crippen molar-refractivity contribution in [3.63, 3.8) is 0 Å². The Morgan fingerprint density at radius 1 is 1.45 bits per heavy atom. The van der Waals surface area contributed by atoms with E-state index in [2.05, 4.69) is 40.1 Å². The predicted octanol–water partition coefficient (Wildman–Crippen LogP) is 4.29. The molecule has 1 aromatic heterocycles. The van der Waals surface area contributed by atoms with Gasteiger partial charge in [-0.15, -0.1) is 11.3 Å². The van der Waals surface area contributed by atoms with Crippen molar-refractivity contribution in [1.29, 1.82) is 0 Å². The Labute approximate surface area is 130 Å². The summed E-state index contributed by atoms with van der Waals surface area (Å²) < 4.78 is 6.08. The van der Waals surface area contributed by atoms with E-state index in [9.17, 15) is 4.79 Å². The number of aromatic nitrogens is 1. The van der Waals surface area contributed by atoms with E-state index in [0.29, 0.717) is 22.4 Å². The number of thiazole rings is 1. The monoisotopic (exact) mass is 354 g/mol. The van der Waals surface area contributed by atoms with Crippen LogP contribution in [-0.4, -0.2) is 18.0 Å². The lowest BCUT2D eigenvalue weighted by Gasteiger charge is -2.08. The maximum absolute atomic E-state index is 12.2. The molecule has 0 aliphatic heterocycles. The van der Waals surface area contributed by atoms with Gasteiger partial charge in [-0.2, -0.15) is 0 Å². The van der Waals surface area contributed by atoms with Crippen molar-refractivity contribution in [3.8, 4) is 5.75 Å². The van der Waals surface area contributed by atoms with E-state index in [1.807, 2.05) is 5.38 Å². The van der Waals surface area contributed by atoms with Gasteiger partial charge in [0, 0.05) is 9.85 Å². The molecule has 0 unspecified atom stereocenters. The van der Waals surface area contributed by atoms with Crippen molar-refractivity contribution < 1.29 is 9.53 Å². The Morgan fingerprint density at radius 3 is 2.80 bits per heavy atom. The molecule has 0 radical (unpaired) electrons. The van der Waals surface area contributed by atoms with Crippen LogP contribution in [0.25, 0.3) is 0 Å². The van der Waals surface area contributed by atoms with Crippen molar-refractivity contribution in [2.24, 2.45) is 0 Å². The van der Waals surface area contributed by atoms with Crippen LogP contribution in [0.15, 0.2) is 28.1 Å². The number of anilines is 1. The zero-order chi connectivity index (χ0) is 14.7. The molecule has 0 bridgehead atoms. The number of halogens is 1. The number of methoxy groups -OCH3 is 1. The molecule has 0 atom stereocenters. The van der Waals surface area contributed by atoms with E-state index >= 15 is 0 Å². The first-order chi connectivity index (χ1) is 9.51. The molecule has 1 amide bonds. The molecule has 4 nitrogen and oxygen atoms in total. The van der Waals surface area contributed by atoms with Crippen LogP contribution in [0.4, 0.5) is 5.13 Å². The molecule has 1 aromatic carbocycles. The summed E-state index contributed by atoms with van der Waals surface area (Å²) in [7, 11) is 1.54. The first-order valence-corrected chi connectivity index (χ1v) is 7.79. The van der Waals surface area contributed by atoms with Crippen molar-refractivity contribution in [3.05, 3.63) is 39.3 Å². The number of ether oxygens (including phenoxy) is 1. The zero-order valence-corrected chi connectivity index (χ0v) is 13.8. The van der Waals surface area contributed by atoms with Crippen LogP contribution in [0.2, 0.25) is 0 Å². The third-order valence-corrected chi connectivity index (χ3v) is 4.01. The smallest absolute Gasteiger partial charge is 0.261 e. The van der Waals surface area contributed by atoms with E-state index in [0.717, 1.165) is 10.2 Å². The van der Waals surface area contributed by atoms with Gasteiger partial charge in [0.05, 0.1) is 18.4 Å². The van der Waals surface area contributed by atoms with Crippen LogP contribution in [0.3, 0.4) is 0 Å². The van der Waals surface area contributed by atoms with Crippen LogP contribution >= 0.6 is 27.3 Å². The first-order valence-electron chi connectivity index (χ1n) is 6.11. The van der Waals surface area contributed by atoms with Gasteiger partial charge >= 0.3 is 0 Å². The van der Waals surface area contributed by atoms with Gasteiger partial charge < -0.3 is 4.74 Å². The van der Waals surface area contributed by atoms with E-state index < -0.39 is 0 Å². The number of nitrogens with zero attached hydrogens (tertiary/aromatic N) is 1. The van der Waals surface area contributed by atoms with Gasteiger partial charge in [-0.05, 0) is 24.1 Å². The minimum Gasteiger partial charge on any atom is -0.496 e. The van der Waals surface area contributed by atoms with Gasteiger partial charge in [0.1, 0.15) is 5.75 Å². The molecule has 1 N–H and O–H groups in total. The molecule has 0 saturated carbocycles. The number of benzene rings is 1. The average Bonchev–Trinajstić information content (AvgIpc) is 2.87. The SMILES string of the molecule is COc1cc(Br)ccc1C(=O)Nc1nc(C(C)C)cs1. The second-order valence-corrected chi connectivity index (χ2v) is 6.30. The summed E-state index contributed by atoms with van der Waals surface area (Å²) in [6.45, 7) is 4.14. The maximum atomic E-state index is 12.2. The highest BCUT2D eigenvalue weighted by Gasteiger charge is 2.15. The van der Waals surface area contributed by atoms with E-state index in [1.165, 1.54) is 11.3 Å². The molecule has 2 aromatic rings. The Hall–Kier alpha value is -1.40. The molecule has 6 heteroatoms. The molecular weight excluding hydrogens is 340 g/mol. The minimum absolute atomic E-state index is 0.223. The third-order valence-electron chi connectivity index (χ3n) is 2.74. The molecule has 0 aliphatic rings. The quantitative estimate of drug-likeness (QED) is 0.890. The lowest BCUT2D eigenvalue weighted by Crippen LogP contribution is -2.13. The van der Waals surface area contributed by atoms with Crippen molar-refractivity contribution in [1.82, 2.24) is 4.98 Å². The standard InChI is InChI=1S/C14H15BrN2O2S/c1-8(2)11-7-20-14(16-11)17-13(18)10-5-4-9(15)6-12(10)19-3/h4-8H,1-3H3,(H,16,17,18). The number of nitrogens with one attached hydrogen (secondary N) is 1. The van der Waals surface area contributed by atoms with Gasteiger partial charge in [0.25, 0.3) is 5.91 Å². The number of rotatable bonds is 4. The Bertz CT molecular complexity index is 625. The van der Waals surface area contributed by atoms with Crippen molar-refractivity contribution >= 4 is 38.3 Å². The number of hydrogen-bond acceptors (Lipinski definition) is 4. The zero-order valence-electron chi connectivity index (χ0n) is 11.4. The molecule has 0 spiro atoms. The minimum atomic E-state index is -0.223. The molecule has 2 rings (SSSR count). The van der Waals surface area contributed by atoms with Gasteiger partial charge in [0.2, 0.25) is 0 Å². The average molecular weight is 355 g/mol. The van der Waals surface area contributed by atoms with Gasteiger partial charge in [-0.1, -0.05) is 29.8 Å². The normalized spacial score (nSPS) is 10.7. The van der Waals surface area contributed by atoms with E-state index in [1.54, 1.807) is 25.3 Å². The summed E-state index contributed by atoms with van der Waals surface area (Å²) in [5, 5.41) is 5.36. The molecule has 0 aliphatic carbocycles. The Kier molecular flexibility index (Phi) is 4.77. The summed E-state index contributed by atoms with van der Waals surface area (Å²) in [5.74, 6) is 0.649. The fourth-order valence-corrected chi connectivity index (χ4v) is 2.83. The highest BCUT2D eigenvalue weighted by Crippen LogP contribution is 2.26. The Morgan fingerprint density at radius 2 is 2.20 bits per heavy atom. The molecule has 0 saturated heterocycles. The van der Waals surface area contributed by atoms with Crippen molar-refractivity contribution in [2.75, 3.05) is 12.4 Å². The van der Waals surface area contributed by atoms with Crippen LogP contribution in [-0.2, 0) is 0 Å². The van der Waals surface area contributed by atoms with Gasteiger partial charge in [-0.25, -0.2) is 4.98 Å². The van der Waals surface area contributed by atoms with Gasteiger partial charge in [-0.3, -0.25) is 10.1 Å². The number of carbonyl (C=O) groups is 1. The largest absolute Gasteiger partial charge is 0.496 e. The highest BCUT2D eigenvalue weighted by atomic mass is 79.9. The predicted molar refractivity (Wildman–Crippen MR) is 84.9 cm³/mol. The number of amides is 1. The molecule has 1 heterocycles.